The number of ether oxygens (including phenoxy) is 3. The van der Waals surface area contributed by atoms with Crippen molar-refractivity contribution in [3.63, 3.8) is 0 Å². The highest BCUT2D eigenvalue weighted by atomic mass is 16.7. The molecule has 24 heavy (non-hydrogen) atoms. The van der Waals surface area contributed by atoms with Crippen molar-refractivity contribution in [1.82, 2.24) is 5.32 Å². The molecule has 0 saturated carbocycles. The molecule has 3 rings (SSSR count). The molecule has 5 nitrogen and oxygen atoms in total. The Bertz CT molecular complexity index is 714. The molecule has 0 unspecified atom stereocenters. The Morgan fingerprint density at radius 3 is 2.92 bits per heavy atom. The van der Waals surface area contributed by atoms with Crippen molar-refractivity contribution in [2.75, 3.05) is 19.9 Å². The first-order valence-electron chi connectivity index (χ1n) is 8.05. The van der Waals surface area contributed by atoms with Crippen LogP contribution in [0.4, 0.5) is 0 Å². The van der Waals surface area contributed by atoms with Gasteiger partial charge in [-0.1, -0.05) is 18.2 Å². The molecule has 1 aliphatic rings. The molecule has 2 aromatic rings. The Labute approximate surface area is 141 Å². The maximum atomic E-state index is 11.9. The van der Waals surface area contributed by atoms with E-state index in [0.29, 0.717) is 26.0 Å². The fourth-order valence-electron chi connectivity index (χ4n) is 2.51. The van der Waals surface area contributed by atoms with E-state index in [2.05, 4.69) is 5.32 Å². The highest BCUT2D eigenvalue weighted by Crippen LogP contribution is 2.32. The minimum atomic E-state index is 0.0144. The standard InChI is InChI=1S/C19H21NO4/c1-14-3-2-4-16(11-14)22-10-9-20-19(21)8-6-15-5-7-17-18(12-15)24-13-23-17/h2-5,7,11-12H,6,8-10,13H2,1H3,(H,20,21). The minimum absolute atomic E-state index is 0.0144. The summed E-state index contributed by atoms with van der Waals surface area (Å²) in [4.78, 5) is 11.9. The fourth-order valence-corrected chi connectivity index (χ4v) is 2.51. The second-order valence-corrected chi connectivity index (χ2v) is 5.70. The lowest BCUT2D eigenvalue weighted by Crippen LogP contribution is -2.28. The van der Waals surface area contributed by atoms with Gasteiger partial charge in [0.25, 0.3) is 0 Å². The number of amides is 1. The Balaban J connectivity index is 1.35. The number of hydrogen-bond acceptors (Lipinski definition) is 4. The maximum absolute atomic E-state index is 11.9. The van der Waals surface area contributed by atoms with E-state index in [1.54, 1.807) is 0 Å². The monoisotopic (exact) mass is 327 g/mol. The first kappa shape index (κ1) is 16.2. The van der Waals surface area contributed by atoms with Gasteiger partial charge in [0.2, 0.25) is 12.7 Å². The quantitative estimate of drug-likeness (QED) is 0.795. The summed E-state index contributed by atoms with van der Waals surface area (Å²) in [6.07, 6.45) is 1.10. The van der Waals surface area contributed by atoms with Gasteiger partial charge in [-0.2, -0.15) is 0 Å². The molecule has 2 aromatic carbocycles. The summed E-state index contributed by atoms with van der Waals surface area (Å²) in [6, 6.07) is 13.6. The van der Waals surface area contributed by atoms with Crippen molar-refractivity contribution in [2.45, 2.75) is 19.8 Å². The lowest BCUT2D eigenvalue weighted by molar-refractivity contribution is -0.121. The van der Waals surface area contributed by atoms with E-state index >= 15 is 0 Å². The molecule has 126 valence electrons. The second kappa shape index (κ2) is 7.73. The van der Waals surface area contributed by atoms with Gasteiger partial charge < -0.3 is 19.5 Å². The van der Waals surface area contributed by atoms with Gasteiger partial charge in [0, 0.05) is 6.42 Å². The van der Waals surface area contributed by atoms with Crippen LogP contribution < -0.4 is 19.5 Å². The summed E-state index contributed by atoms with van der Waals surface area (Å²) in [7, 11) is 0. The minimum Gasteiger partial charge on any atom is -0.492 e. The van der Waals surface area contributed by atoms with Gasteiger partial charge in [0.1, 0.15) is 12.4 Å². The highest BCUT2D eigenvalue weighted by Gasteiger charge is 2.13. The van der Waals surface area contributed by atoms with Crippen LogP contribution in [0.2, 0.25) is 0 Å². The van der Waals surface area contributed by atoms with E-state index in [4.69, 9.17) is 14.2 Å². The molecule has 0 spiro atoms. The molecular formula is C19H21NO4. The molecule has 1 heterocycles. The number of aryl methyl sites for hydroxylation is 2. The van der Waals surface area contributed by atoms with Crippen molar-refractivity contribution >= 4 is 5.91 Å². The molecule has 1 aliphatic heterocycles. The molecule has 0 saturated heterocycles. The molecule has 1 N–H and O–H groups in total. The number of carbonyl (C=O) groups excluding carboxylic acids is 1. The molecule has 0 aromatic heterocycles. The molecule has 5 heteroatoms. The second-order valence-electron chi connectivity index (χ2n) is 5.70. The van der Waals surface area contributed by atoms with Crippen LogP contribution in [0.25, 0.3) is 0 Å². The topological polar surface area (TPSA) is 56.8 Å². The van der Waals surface area contributed by atoms with Gasteiger partial charge in [0.05, 0.1) is 6.54 Å². The van der Waals surface area contributed by atoms with Gasteiger partial charge in [-0.3, -0.25) is 4.79 Å². The number of carbonyl (C=O) groups is 1. The number of nitrogens with one attached hydrogen (secondary N) is 1. The molecule has 0 fully saturated rings. The normalized spacial score (nSPS) is 12.0. The van der Waals surface area contributed by atoms with Crippen LogP contribution in [0.5, 0.6) is 17.2 Å². The third-order valence-electron chi connectivity index (χ3n) is 3.76. The predicted molar refractivity (Wildman–Crippen MR) is 90.6 cm³/mol. The lowest BCUT2D eigenvalue weighted by Gasteiger charge is -2.08. The average Bonchev–Trinajstić information content (AvgIpc) is 3.05. The van der Waals surface area contributed by atoms with Crippen molar-refractivity contribution in [3.8, 4) is 17.2 Å². The van der Waals surface area contributed by atoms with Crippen LogP contribution in [0, 0.1) is 6.92 Å². The highest BCUT2D eigenvalue weighted by molar-refractivity contribution is 5.76. The van der Waals surface area contributed by atoms with Crippen LogP contribution in [-0.4, -0.2) is 25.9 Å². The Hall–Kier alpha value is -2.69. The van der Waals surface area contributed by atoms with Crippen LogP contribution in [-0.2, 0) is 11.2 Å². The maximum Gasteiger partial charge on any atom is 0.231 e. The van der Waals surface area contributed by atoms with Crippen molar-refractivity contribution in [2.24, 2.45) is 0 Å². The number of rotatable bonds is 7. The Morgan fingerprint density at radius 1 is 1.17 bits per heavy atom. The predicted octanol–water partition coefficient (Wildman–Crippen LogP) is 2.85. The van der Waals surface area contributed by atoms with Gasteiger partial charge in [0.15, 0.2) is 11.5 Å². The molecule has 0 aliphatic carbocycles. The van der Waals surface area contributed by atoms with E-state index in [1.165, 1.54) is 0 Å². The van der Waals surface area contributed by atoms with E-state index in [1.807, 2.05) is 49.4 Å². The zero-order valence-electron chi connectivity index (χ0n) is 13.7. The van der Waals surface area contributed by atoms with Gasteiger partial charge in [-0.25, -0.2) is 0 Å². The molecular weight excluding hydrogens is 306 g/mol. The molecule has 1 amide bonds. The van der Waals surface area contributed by atoms with Crippen molar-refractivity contribution in [1.29, 1.82) is 0 Å². The smallest absolute Gasteiger partial charge is 0.231 e. The zero-order chi connectivity index (χ0) is 16.8. The van der Waals surface area contributed by atoms with Gasteiger partial charge >= 0.3 is 0 Å². The lowest BCUT2D eigenvalue weighted by atomic mass is 10.1. The van der Waals surface area contributed by atoms with Crippen LogP contribution in [0.3, 0.4) is 0 Å². The van der Waals surface area contributed by atoms with E-state index in [0.717, 1.165) is 28.4 Å². The Kier molecular flexibility index (Phi) is 5.21. The largest absolute Gasteiger partial charge is 0.492 e. The molecule has 0 bridgehead atoms. The third-order valence-corrected chi connectivity index (χ3v) is 3.76. The number of hydrogen-bond donors (Lipinski definition) is 1. The van der Waals surface area contributed by atoms with Crippen molar-refractivity contribution in [3.05, 3.63) is 53.6 Å². The summed E-state index contributed by atoms with van der Waals surface area (Å²) in [5, 5.41) is 2.87. The van der Waals surface area contributed by atoms with Gasteiger partial charge in [-0.05, 0) is 48.7 Å². The summed E-state index contributed by atoms with van der Waals surface area (Å²) >= 11 is 0. The van der Waals surface area contributed by atoms with Crippen LogP contribution >= 0.6 is 0 Å². The van der Waals surface area contributed by atoms with Crippen molar-refractivity contribution < 1.29 is 19.0 Å². The zero-order valence-corrected chi connectivity index (χ0v) is 13.7. The third kappa shape index (κ3) is 4.41. The average molecular weight is 327 g/mol. The van der Waals surface area contributed by atoms with Crippen LogP contribution in [0.15, 0.2) is 42.5 Å². The van der Waals surface area contributed by atoms with E-state index in [9.17, 15) is 4.79 Å². The fraction of sp³-hybridized carbons (Fsp3) is 0.316. The van der Waals surface area contributed by atoms with Gasteiger partial charge in [-0.15, -0.1) is 0 Å². The Morgan fingerprint density at radius 2 is 2.04 bits per heavy atom. The number of benzene rings is 2. The molecule has 0 atom stereocenters. The van der Waals surface area contributed by atoms with Crippen LogP contribution in [0.1, 0.15) is 17.5 Å². The summed E-state index contributed by atoms with van der Waals surface area (Å²) in [6.45, 7) is 3.23. The summed E-state index contributed by atoms with van der Waals surface area (Å²) < 4.78 is 16.2. The van der Waals surface area contributed by atoms with E-state index < -0.39 is 0 Å². The summed E-state index contributed by atoms with van der Waals surface area (Å²) in [5.74, 6) is 2.35. The number of fused-ring (bicyclic) bond motifs is 1. The molecule has 0 radical (unpaired) electrons. The first-order valence-corrected chi connectivity index (χ1v) is 8.05. The summed E-state index contributed by atoms with van der Waals surface area (Å²) in [5.41, 5.74) is 2.21. The first-order chi connectivity index (χ1) is 11.7. The van der Waals surface area contributed by atoms with E-state index in [-0.39, 0.29) is 12.7 Å². The SMILES string of the molecule is Cc1cccc(OCCNC(=O)CCc2ccc3c(c2)OCO3)c1.